The number of hydrogen-bond donors (Lipinski definition) is 2. The summed E-state index contributed by atoms with van der Waals surface area (Å²) in [6.45, 7) is 8.55. The van der Waals surface area contributed by atoms with Crippen molar-refractivity contribution in [2.45, 2.75) is 45.8 Å². The van der Waals surface area contributed by atoms with Crippen molar-refractivity contribution < 1.29 is 9.90 Å². The van der Waals surface area contributed by atoms with Gasteiger partial charge in [-0.3, -0.25) is 0 Å². The fourth-order valence-electron chi connectivity index (χ4n) is 2.92. The zero-order chi connectivity index (χ0) is 16.1. The Morgan fingerprint density at radius 1 is 1.41 bits per heavy atom. The van der Waals surface area contributed by atoms with E-state index in [1.54, 1.807) is 4.90 Å². The summed E-state index contributed by atoms with van der Waals surface area (Å²) in [6, 6.07) is 8.23. The molecule has 1 unspecified atom stereocenters. The van der Waals surface area contributed by atoms with E-state index in [2.05, 4.69) is 31.0 Å². The number of piperidine rings is 1. The van der Waals surface area contributed by atoms with Gasteiger partial charge in [-0.1, -0.05) is 0 Å². The van der Waals surface area contributed by atoms with Gasteiger partial charge in [0, 0.05) is 37.1 Å². The number of benzene rings is 1. The van der Waals surface area contributed by atoms with Crippen LogP contribution in [0.25, 0.3) is 0 Å². The van der Waals surface area contributed by atoms with Gasteiger partial charge in [-0.25, -0.2) is 4.79 Å². The molecule has 5 nitrogen and oxygen atoms in total. The van der Waals surface area contributed by atoms with E-state index in [4.69, 9.17) is 0 Å². The maximum Gasteiger partial charge on any atom is 0.321 e. The molecule has 0 aromatic heterocycles. The van der Waals surface area contributed by atoms with Crippen molar-refractivity contribution in [1.29, 1.82) is 0 Å². The molecular formula is C17H27N3O2. The molecule has 2 rings (SSSR count). The number of aliphatic hydroxyl groups is 1. The normalized spacial score (nSPS) is 18.4. The van der Waals surface area contributed by atoms with Gasteiger partial charge >= 0.3 is 6.03 Å². The molecule has 0 spiro atoms. The second-order valence-electron chi connectivity index (χ2n) is 6.10. The minimum Gasteiger partial charge on any atom is -0.391 e. The number of urea groups is 1. The van der Waals surface area contributed by atoms with Gasteiger partial charge in [0.05, 0.1) is 6.10 Å². The van der Waals surface area contributed by atoms with Crippen molar-refractivity contribution in [3.8, 4) is 0 Å². The van der Waals surface area contributed by atoms with E-state index >= 15 is 0 Å². The monoisotopic (exact) mass is 305 g/mol. The van der Waals surface area contributed by atoms with Crippen molar-refractivity contribution >= 4 is 17.4 Å². The lowest BCUT2D eigenvalue weighted by atomic mass is 10.1. The standard InChI is InChI=1S/C17H27N3O2/c1-4-20(13(2)3)15-9-7-14(8-10-15)18-17(22)19-11-5-6-16(21)12-19/h7-10,13,16,21H,4-6,11-12H2,1-3H3,(H,18,22). The van der Waals surface area contributed by atoms with Crippen LogP contribution in [0.15, 0.2) is 24.3 Å². The zero-order valence-corrected chi connectivity index (χ0v) is 13.7. The van der Waals surface area contributed by atoms with Crippen LogP contribution in [0.5, 0.6) is 0 Å². The Hall–Kier alpha value is -1.75. The van der Waals surface area contributed by atoms with Gasteiger partial charge < -0.3 is 20.2 Å². The molecular weight excluding hydrogens is 278 g/mol. The van der Waals surface area contributed by atoms with E-state index in [9.17, 15) is 9.90 Å². The molecule has 1 aromatic rings. The Balaban J connectivity index is 1.97. The predicted octanol–water partition coefficient (Wildman–Crippen LogP) is 2.91. The molecule has 1 aliphatic rings. The van der Waals surface area contributed by atoms with E-state index in [1.165, 1.54) is 0 Å². The first-order valence-electron chi connectivity index (χ1n) is 8.12. The van der Waals surface area contributed by atoms with E-state index < -0.39 is 6.10 Å². The maximum atomic E-state index is 12.2. The molecule has 0 saturated carbocycles. The summed E-state index contributed by atoms with van der Waals surface area (Å²) in [5, 5.41) is 12.5. The molecule has 122 valence electrons. The molecule has 0 aliphatic carbocycles. The van der Waals surface area contributed by atoms with Gasteiger partial charge in [0.1, 0.15) is 0 Å². The summed E-state index contributed by atoms with van der Waals surface area (Å²) >= 11 is 0. The first kappa shape index (κ1) is 16.6. The molecule has 1 atom stereocenters. The summed E-state index contributed by atoms with van der Waals surface area (Å²) in [7, 11) is 0. The second kappa shape index (κ2) is 7.49. The van der Waals surface area contributed by atoms with Gasteiger partial charge in [0.2, 0.25) is 0 Å². The van der Waals surface area contributed by atoms with Crippen molar-refractivity contribution in [2.24, 2.45) is 0 Å². The lowest BCUT2D eigenvalue weighted by molar-refractivity contribution is 0.0883. The second-order valence-corrected chi connectivity index (χ2v) is 6.10. The molecule has 1 saturated heterocycles. The van der Waals surface area contributed by atoms with Crippen LogP contribution in [-0.4, -0.2) is 47.8 Å². The lowest BCUT2D eigenvalue weighted by Crippen LogP contribution is -2.44. The Morgan fingerprint density at radius 2 is 2.09 bits per heavy atom. The van der Waals surface area contributed by atoms with Gasteiger partial charge in [-0.05, 0) is 57.9 Å². The highest BCUT2D eigenvalue weighted by molar-refractivity contribution is 5.89. The smallest absolute Gasteiger partial charge is 0.321 e. The zero-order valence-electron chi connectivity index (χ0n) is 13.7. The van der Waals surface area contributed by atoms with Crippen LogP contribution >= 0.6 is 0 Å². The van der Waals surface area contributed by atoms with Gasteiger partial charge in [0.15, 0.2) is 0 Å². The first-order chi connectivity index (χ1) is 10.5. The number of amides is 2. The Labute approximate surface area is 132 Å². The third kappa shape index (κ3) is 4.13. The summed E-state index contributed by atoms with van der Waals surface area (Å²) in [5.41, 5.74) is 1.94. The number of anilines is 2. The lowest BCUT2D eigenvalue weighted by Gasteiger charge is -2.30. The number of carbonyl (C=O) groups is 1. The van der Waals surface area contributed by atoms with Crippen LogP contribution in [0, 0.1) is 0 Å². The molecule has 0 bridgehead atoms. The average Bonchev–Trinajstić information content (AvgIpc) is 2.49. The number of β-amino-alcohol motifs (C(OH)–C–C–N with tert-alkyl or cyclic N) is 1. The van der Waals surface area contributed by atoms with Crippen LogP contribution < -0.4 is 10.2 Å². The van der Waals surface area contributed by atoms with E-state index in [-0.39, 0.29) is 6.03 Å². The SMILES string of the molecule is CCN(c1ccc(NC(=O)N2CCCC(O)C2)cc1)C(C)C. The third-order valence-electron chi connectivity index (χ3n) is 4.10. The van der Waals surface area contributed by atoms with E-state index in [0.717, 1.165) is 30.8 Å². The highest BCUT2D eigenvalue weighted by Crippen LogP contribution is 2.20. The molecule has 5 heteroatoms. The molecule has 1 aliphatic heterocycles. The first-order valence-corrected chi connectivity index (χ1v) is 8.12. The van der Waals surface area contributed by atoms with Crippen LogP contribution in [0.3, 0.4) is 0 Å². The van der Waals surface area contributed by atoms with Crippen LogP contribution in [-0.2, 0) is 0 Å². The van der Waals surface area contributed by atoms with E-state index in [1.807, 2.05) is 24.3 Å². The number of hydrogen-bond acceptors (Lipinski definition) is 3. The molecule has 0 radical (unpaired) electrons. The number of rotatable bonds is 4. The summed E-state index contributed by atoms with van der Waals surface area (Å²) in [6.07, 6.45) is 1.24. The molecule has 2 N–H and O–H groups in total. The highest BCUT2D eigenvalue weighted by Gasteiger charge is 2.22. The molecule has 1 aromatic carbocycles. The van der Waals surface area contributed by atoms with Crippen molar-refractivity contribution in [2.75, 3.05) is 29.9 Å². The number of nitrogens with zero attached hydrogens (tertiary/aromatic N) is 2. The van der Waals surface area contributed by atoms with Crippen molar-refractivity contribution in [1.82, 2.24) is 4.90 Å². The van der Waals surface area contributed by atoms with Gasteiger partial charge in [-0.2, -0.15) is 0 Å². The maximum absolute atomic E-state index is 12.2. The predicted molar refractivity (Wildman–Crippen MR) is 90.4 cm³/mol. The third-order valence-corrected chi connectivity index (χ3v) is 4.10. The minimum absolute atomic E-state index is 0.136. The van der Waals surface area contributed by atoms with Crippen molar-refractivity contribution in [3.63, 3.8) is 0 Å². The summed E-state index contributed by atoms with van der Waals surface area (Å²) in [4.78, 5) is 16.2. The average molecular weight is 305 g/mol. The Bertz CT molecular complexity index is 487. The Morgan fingerprint density at radius 3 is 2.64 bits per heavy atom. The fraction of sp³-hybridized carbons (Fsp3) is 0.588. The van der Waals surface area contributed by atoms with Gasteiger partial charge in [-0.15, -0.1) is 0 Å². The molecule has 2 amide bonds. The topological polar surface area (TPSA) is 55.8 Å². The molecule has 1 fully saturated rings. The number of nitrogens with one attached hydrogen (secondary N) is 1. The van der Waals surface area contributed by atoms with Crippen LogP contribution in [0.2, 0.25) is 0 Å². The highest BCUT2D eigenvalue weighted by atomic mass is 16.3. The number of aliphatic hydroxyl groups excluding tert-OH is 1. The molecule has 22 heavy (non-hydrogen) atoms. The summed E-state index contributed by atoms with van der Waals surface area (Å²) < 4.78 is 0. The van der Waals surface area contributed by atoms with Crippen LogP contribution in [0.4, 0.5) is 16.2 Å². The van der Waals surface area contributed by atoms with Crippen LogP contribution in [0.1, 0.15) is 33.6 Å². The van der Waals surface area contributed by atoms with Crippen molar-refractivity contribution in [3.05, 3.63) is 24.3 Å². The summed E-state index contributed by atoms with van der Waals surface area (Å²) in [5.74, 6) is 0. The Kier molecular flexibility index (Phi) is 5.66. The minimum atomic E-state index is -0.397. The molecule has 1 heterocycles. The number of carbonyl (C=O) groups excluding carboxylic acids is 1. The largest absolute Gasteiger partial charge is 0.391 e. The van der Waals surface area contributed by atoms with E-state index in [0.29, 0.717) is 19.1 Å². The van der Waals surface area contributed by atoms with Gasteiger partial charge in [0.25, 0.3) is 0 Å². The quantitative estimate of drug-likeness (QED) is 0.899. The number of likely N-dealkylation sites (tertiary alicyclic amines) is 1. The fourth-order valence-corrected chi connectivity index (χ4v) is 2.92.